The number of amides is 2. The molecular formula is C25H22Cl2N4O2. The SMILES string of the molecule is N#C/C(=C\c1ccc(Cl)cc1)C(=O)NCCCCCNC(=O)/C(C#N)=C/c1ccc(Cl)cc1. The van der Waals surface area contributed by atoms with Crippen molar-refractivity contribution in [3.8, 4) is 12.1 Å². The molecule has 2 aromatic carbocycles. The lowest BCUT2D eigenvalue weighted by molar-refractivity contribution is -0.117. The van der Waals surface area contributed by atoms with E-state index in [1.54, 1.807) is 48.5 Å². The summed E-state index contributed by atoms with van der Waals surface area (Å²) in [6, 6.07) is 17.5. The summed E-state index contributed by atoms with van der Waals surface area (Å²) in [5.74, 6) is -0.876. The Kier molecular flexibility index (Phi) is 10.7. The zero-order chi connectivity index (χ0) is 24.1. The van der Waals surface area contributed by atoms with Crippen LogP contribution in [0, 0.1) is 22.7 Å². The first-order chi connectivity index (χ1) is 15.9. The van der Waals surface area contributed by atoms with Gasteiger partial charge in [0.15, 0.2) is 0 Å². The van der Waals surface area contributed by atoms with Crippen LogP contribution in [0.3, 0.4) is 0 Å². The third kappa shape index (κ3) is 9.21. The van der Waals surface area contributed by atoms with Crippen LogP contribution in [-0.2, 0) is 9.59 Å². The quantitative estimate of drug-likeness (QED) is 0.286. The van der Waals surface area contributed by atoms with Gasteiger partial charge in [-0.25, -0.2) is 0 Å². The smallest absolute Gasteiger partial charge is 0.261 e. The van der Waals surface area contributed by atoms with E-state index in [0.717, 1.165) is 6.42 Å². The molecule has 0 bridgehead atoms. The number of hydrogen-bond donors (Lipinski definition) is 2. The fourth-order valence-corrected chi connectivity index (χ4v) is 3.02. The normalized spacial score (nSPS) is 11.3. The molecule has 0 saturated carbocycles. The summed E-state index contributed by atoms with van der Waals surface area (Å²) in [5.41, 5.74) is 1.45. The first-order valence-corrected chi connectivity index (χ1v) is 11.0. The Morgan fingerprint density at radius 2 is 1.06 bits per heavy atom. The number of unbranched alkanes of at least 4 members (excludes halogenated alkanes) is 2. The number of nitriles is 2. The van der Waals surface area contributed by atoms with Gasteiger partial charge in [0.05, 0.1) is 0 Å². The third-order valence-electron chi connectivity index (χ3n) is 4.52. The largest absolute Gasteiger partial charge is 0.351 e. The summed E-state index contributed by atoms with van der Waals surface area (Å²) < 4.78 is 0. The molecule has 168 valence electrons. The van der Waals surface area contributed by atoms with Crippen LogP contribution >= 0.6 is 23.2 Å². The molecule has 0 heterocycles. The van der Waals surface area contributed by atoms with E-state index in [9.17, 15) is 20.1 Å². The van der Waals surface area contributed by atoms with Gasteiger partial charge in [0, 0.05) is 23.1 Å². The van der Waals surface area contributed by atoms with Crippen molar-refractivity contribution in [1.82, 2.24) is 10.6 Å². The molecule has 2 amide bonds. The van der Waals surface area contributed by atoms with Crippen LogP contribution in [0.15, 0.2) is 59.7 Å². The molecule has 0 aliphatic rings. The molecule has 33 heavy (non-hydrogen) atoms. The monoisotopic (exact) mass is 480 g/mol. The van der Waals surface area contributed by atoms with Gasteiger partial charge in [-0.2, -0.15) is 10.5 Å². The lowest BCUT2D eigenvalue weighted by atomic mass is 10.1. The number of hydrogen-bond acceptors (Lipinski definition) is 4. The molecule has 6 nitrogen and oxygen atoms in total. The maximum Gasteiger partial charge on any atom is 0.261 e. The molecule has 0 aliphatic heterocycles. The molecule has 2 aromatic rings. The summed E-state index contributed by atoms with van der Waals surface area (Å²) >= 11 is 11.7. The Hall–Kier alpha value is -3.58. The van der Waals surface area contributed by atoms with Crippen molar-refractivity contribution in [3.05, 3.63) is 80.8 Å². The molecule has 0 aromatic heterocycles. The van der Waals surface area contributed by atoms with E-state index < -0.39 is 11.8 Å². The number of carbonyl (C=O) groups is 2. The molecule has 2 rings (SSSR count). The molecule has 0 spiro atoms. The van der Waals surface area contributed by atoms with Crippen LogP contribution in [0.4, 0.5) is 0 Å². The topological polar surface area (TPSA) is 106 Å². The van der Waals surface area contributed by atoms with Crippen LogP contribution in [0.5, 0.6) is 0 Å². The Morgan fingerprint density at radius 3 is 1.39 bits per heavy atom. The van der Waals surface area contributed by atoms with Crippen LogP contribution in [0.1, 0.15) is 30.4 Å². The molecule has 0 atom stereocenters. The van der Waals surface area contributed by atoms with Gasteiger partial charge in [-0.1, -0.05) is 47.5 Å². The van der Waals surface area contributed by atoms with Crippen LogP contribution in [-0.4, -0.2) is 24.9 Å². The Morgan fingerprint density at radius 1 is 0.697 bits per heavy atom. The first kappa shape index (κ1) is 25.7. The zero-order valence-corrected chi connectivity index (χ0v) is 19.3. The van der Waals surface area contributed by atoms with E-state index in [1.807, 2.05) is 12.1 Å². The predicted octanol–water partition coefficient (Wildman–Crippen LogP) is 4.91. The van der Waals surface area contributed by atoms with Crippen LogP contribution in [0.2, 0.25) is 10.0 Å². The van der Waals surface area contributed by atoms with Crippen molar-refractivity contribution >= 4 is 47.2 Å². The Bertz CT molecular complexity index is 1020. The van der Waals surface area contributed by atoms with Crippen molar-refractivity contribution < 1.29 is 9.59 Å². The fraction of sp³-hybridized carbons (Fsp3) is 0.200. The van der Waals surface area contributed by atoms with Gasteiger partial charge in [-0.15, -0.1) is 0 Å². The van der Waals surface area contributed by atoms with Crippen molar-refractivity contribution in [2.75, 3.05) is 13.1 Å². The first-order valence-electron chi connectivity index (χ1n) is 10.2. The average molecular weight is 481 g/mol. The van der Waals surface area contributed by atoms with Crippen LogP contribution in [0.25, 0.3) is 12.2 Å². The number of nitrogens with zero attached hydrogens (tertiary/aromatic N) is 2. The van der Waals surface area contributed by atoms with Gasteiger partial charge in [-0.3, -0.25) is 9.59 Å². The Labute approximate surface area is 203 Å². The second-order valence-corrected chi connectivity index (χ2v) is 7.89. The van der Waals surface area contributed by atoms with Gasteiger partial charge in [-0.05, 0) is 66.8 Å². The highest BCUT2D eigenvalue weighted by atomic mass is 35.5. The number of halogens is 2. The molecule has 0 saturated heterocycles. The Balaban J connectivity index is 1.69. The predicted molar refractivity (Wildman–Crippen MR) is 130 cm³/mol. The van der Waals surface area contributed by atoms with E-state index in [1.165, 1.54) is 12.2 Å². The molecular weight excluding hydrogens is 459 g/mol. The van der Waals surface area contributed by atoms with Gasteiger partial charge in [0.1, 0.15) is 23.3 Å². The average Bonchev–Trinajstić information content (AvgIpc) is 2.82. The maximum atomic E-state index is 12.2. The van der Waals surface area contributed by atoms with E-state index in [2.05, 4.69) is 10.6 Å². The summed E-state index contributed by atoms with van der Waals surface area (Å²) in [7, 11) is 0. The zero-order valence-electron chi connectivity index (χ0n) is 17.8. The van der Waals surface area contributed by atoms with Crippen molar-refractivity contribution in [2.24, 2.45) is 0 Å². The second-order valence-electron chi connectivity index (χ2n) is 7.02. The molecule has 0 aliphatic carbocycles. The lowest BCUT2D eigenvalue weighted by Crippen LogP contribution is -2.27. The number of benzene rings is 2. The highest BCUT2D eigenvalue weighted by molar-refractivity contribution is 6.30. The molecule has 0 radical (unpaired) electrons. The maximum absolute atomic E-state index is 12.2. The standard InChI is InChI=1S/C25H22Cl2N4O2/c26-22-8-4-18(5-9-22)14-20(16-28)24(32)30-12-2-1-3-13-31-25(33)21(17-29)15-19-6-10-23(27)11-7-19/h4-11,14-15H,1-3,12-13H2,(H,30,32)(H,31,33)/b20-14+,21-15+. The second kappa shape index (κ2) is 13.8. The number of rotatable bonds is 10. The third-order valence-corrected chi connectivity index (χ3v) is 5.02. The highest BCUT2D eigenvalue weighted by Crippen LogP contribution is 2.13. The summed E-state index contributed by atoms with van der Waals surface area (Å²) in [6.45, 7) is 0.818. The van der Waals surface area contributed by atoms with Crippen molar-refractivity contribution in [3.63, 3.8) is 0 Å². The van der Waals surface area contributed by atoms with Gasteiger partial charge in [0.2, 0.25) is 0 Å². The van der Waals surface area contributed by atoms with E-state index in [4.69, 9.17) is 23.2 Å². The molecule has 8 heteroatoms. The minimum atomic E-state index is -0.438. The molecule has 2 N–H and O–H groups in total. The van der Waals surface area contributed by atoms with Crippen molar-refractivity contribution in [1.29, 1.82) is 10.5 Å². The summed E-state index contributed by atoms with van der Waals surface area (Å²) in [6.07, 6.45) is 5.14. The van der Waals surface area contributed by atoms with E-state index in [0.29, 0.717) is 47.1 Å². The van der Waals surface area contributed by atoms with Gasteiger partial charge < -0.3 is 10.6 Å². The lowest BCUT2D eigenvalue weighted by Gasteiger charge is -2.06. The van der Waals surface area contributed by atoms with Gasteiger partial charge in [0.25, 0.3) is 11.8 Å². The molecule has 0 unspecified atom stereocenters. The summed E-state index contributed by atoms with van der Waals surface area (Å²) in [4.78, 5) is 24.3. The van der Waals surface area contributed by atoms with E-state index >= 15 is 0 Å². The van der Waals surface area contributed by atoms with Crippen molar-refractivity contribution in [2.45, 2.75) is 19.3 Å². The van der Waals surface area contributed by atoms with E-state index in [-0.39, 0.29) is 11.1 Å². The minimum absolute atomic E-state index is 0.0149. The van der Waals surface area contributed by atoms with Gasteiger partial charge >= 0.3 is 0 Å². The van der Waals surface area contributed by atoms with Crippen LogP contribution < -0.4 is 10.6 Å². The minimum Gasteiger partial charge on any atom is -0.351 e. The number of nitrogens with one attached hydrogen (secondary N) is 2. The molecule has 0 fully saturated rings. The summed E-state index contributed by atoms with van der Waals surface area (Å²) in [5, 5.41) is 25.0. The fourth-order valence-electron chi connectivity index (χ4n) is 2.77. The number of carbonyl (C=O) groups excluding carboxylic acids is 2. The highest BCUT2D eigenvalue weighted by Gasteiger charge is 2.09.